The Hall–Kier alpha value is -0.390. The summed E-state index contributed by atoms with van der Waals surface area (Å²) >= 11 is 6.80. The Morgan fingerprint density at radius 3 is 2.65 bits per heavy atom. The van der Waals surface area contributed by atoms with Gasteiger partial charge in [-0.15, -0.1) is 0 Å². The van der Waals surface area contributed by atoms with Gasteiger partial charge in [0, 0.05) is 28.5 Å². The third-order valence-electron chi connectivity index (χ3n) is 2.20. The molecule has 0 aliphatic heterocycles. The lowest BCUT2D eigenvalue weighted by atomic mass is 10.2. The molecule has 1 rings (SSSR count). The van der Waals surface area contributed by atoms with Gasteiger partial charge < -0.3 is 10.1 Å². The first-order valence-electron chi connectivity index (χ1n) is 5.30. The number of hydrogen-bond donors (Lipinski definition) is 1. The lowest BCUT2D eigenvalue weighted by Crippen LogP contribution is -2.26. The highest BCUT2D eigenvalue weighted by atomic mass is 79.9. The van der Waals surface area contributed by atoms with Gasteiger partial charge in [0.05, 0.1) is 6.61 Å². The second-order valence-corrected chi connectivity index (χ2v) is 5.81. The molecule has 17 heavy (non-hydrogen) atoms. The summed E-state index contributed by atoms with van der Waals surface area (Å²) in [6.07, 6.45) is 0.843. The molecule has 0 aromatic heterocycles. The van der Waals surface area contributed by atoms with E-state index < -0.39 is 0 Å². The quantitative estimate of drug-likeness (QED) is 0.788. The van der Waals surface area contributed by atoms with E-state index in [0.717, 1.165) is 10.9 Å². The van der Waals surface area contributed by atoms with Gasteiger partial charge in [0.15, 0.2) is 0 Å². The fourth-order valence-corrected chi connectivity index (χ4v) is 2.07. The highest BCUT2D eigenvalue weighted by Crippen LogP contribution is 2.10. The number of benzene rings is 1. The second-order valence-electron chi connectivity index (χ2n) is 3.60. The van der Waals surface area contributed by atoms with Crippen molar-refractivity contribution in [2.75, 3.05) is 20.3 Å². The number of hydrogen-bond acceptors (Lipinski definition) is 2. The second kappa shape index (κ2) is 7.84. The minimum atomic E-state index is -0.0467. The summed E-state index contributed by atoms with van der Waals surface area (Å²) in [7, 11) is 1.66. The van der Waals surface area contributed by atoms with E-state index in [4.69, 9.17) is 4.74 Å². The van der Waals surface area contributed by atoms with Crippen molar-refractivity contribution in [3.63, 3.8) is 0 Å². The molecule has 94 valence electrons. The van der Waals surface area contributed by atoms with E-state index in [1.54, 1.807) is 19.2 Å². The van der Waals surface area contributed by atoms with Gasteiger partial charge in [-0.1, -0.05) is 31.9 Å². The molecular formula is C12H15Br2NO2. The number of carbonyl (C=O) groups excluding carboxylic acids is 1. The van der Waals surface area contributed by atoms with Gasteiger partial charge >= 0.3 is 0 Å². The molecule has 1 unspecified atom stereocenters. The van der Waals surface area contributed by atoms with E-state index in [2.05, 4.69) is 37.2 Å². The fourth-order valence-electron chi connectivity index (χ4n) is 1.31. The van der Waals surface area contributed by atoms with Gasteiger partial charge in [-0.2, -0.15) is 0 Å². The number of carbonyl (C=O) groups is 1. The van der Waals surface area contributed by atoms with E-state index in [9.17, 15) is 4.79 Å². The van der Waals surface area contributed by atoms with Crippen LogP contribution in [0.25, 0.3) is 0 Å². The largest absolute Gasteiger partial charge is 0.384 e. The summed E-state index contributed by atoms with van der Waals surface area (Å²) in [6, 6.07) is 7.29. The molecule has 1 amide bonds. The highest BCUT2D eigenvalue weighted by molar-refractivity contribution is 9.10. The van der Waals surface area contributed by atoms with Crippen LogP contribution >= 0.6 is 31.9 Å². The molecule has 1 atom stereocenters. The molecular weight excluding hydrogens is 350 g/mol. The lowest BCUT2D eigenvalue weighted by Gasteiger charge is -2.09. The number of ether oxygens (including phenoxy) is 1. The van der Waals surface area contributed by atoms with Crippen LogP contribution in [0.2, 0.25) is 0 Å². The Morgan fingerprint density at radius 2 is 2.06 bits per heavy atom. The molecule has 0 bridgehead atoms. The zero-order valence-corrected chi connectivity index (χ0v) is 12.8. The molecule has 0 aliphatic rings. The van der Waals surface area contributed by atoms with Gasteiger partial charge in [0.1, 0.15) is 0 Å². The van der Waals surface area contributed by atoms with E-state index >= 15 is 0 Å². The van der Waals surface area contributed by atoms with Crippen LogP contribution in [0.4, 0.5) is 0 Å². The summed E-state index contributed by atoms with van der Waals surface area (Å²) in [5.41, 5.74) is 0.672. The van der Waals surface area contributed by atoms with E-state index in [1.807, 2.05) is 12.1 Å². The predicted molar refractivity (Wildman–Crippen MR) is 75.7 cm³/mol. The molecule has 1 aromatic carbocycles. The number of rotatable bonds is 6. The topological polar surface area (TPSA) is 38.3 Å². The summed E-state index contributed by atoms with van der Waals surface area (Å²) in [5, 5.41) is 2.87. The zero-order chi connectivity index (χ0) is 12.7. The molecule has 0 aliphatic carbocycles. The average Bonchev–Trinajstić information content (AvgIpc) is 2.30. The number of halogens is 2. The predicted octanol–water partition coefficient (Wildman–Crippen LogP) is 2.98. The van der Waals surface area contributed by atoms with Gasteiger partial charge in [-0.25, -0.2) is 0 Å². The normalized spacial score (nSPS) is 12.2. The third kappa shape index (κ3) is 5.66. The number of methoxy groups -OCH3 is 1. The molecule has 0 saturated carbocycles. The fraction of sp³-hybridized carbons (Fsp3) is 0.417. The maximum Gasteiger partial charge on any atom is 0.251 e. The van der Waals surface area contributed by atoms with Crippen molar-refractivity contribution in [2.45, 2.75) is 11.2 Å². The Morgan fingerprint density at radius 1 is 1.41 bits per heavy atom. The van der Waals surface area contributed by atoms with Crippen molar-refractivity contribution in [1.29, 1.82) is 0 Å². The summed E-state index contributed by atoms with van der Waals surface area (Å²) in [5.74, 6) is -0.0467. The minimum Gasteiger partial charge on any atom is -0.384 e. The van der Waals surface area contributed by atoms with Gasteiger partial charge in [-0.05, 0) is 30.7 Å². The van der Waals surface area contributed by atoms with E-state index in [-0.39, 0.29) is 10.7 Å². The molecule has 3 nitrogen and oxygen atoms in total. The van der Waals surface area contributed by atoms with Crippen molar-refractivity contribution in [1.82, 2.24) is 5.32 Å². The summed E-state index contributed by atoms with van der Waals surface area (Å²) in [4.78, 5) is 12.0. The van der Waals surface area contributed by atoms with Crippen LogP contribution in [0.15, 0.2) is 28.7 Å². The van der Waals surface area contributed by atoms with Crippen molar-refractivity contribution in [3.05, 3.63) is 34.3 Å². The van der Waals surface area contributed by atoms with Crippen LogP contribution < -0.4 is 5.32 Å². The van der Waals surface area contributed by atoms with Gasteiger partial charge in [-0.3, -0.25) is 4.79 Å². The number of amides is 1. The number of nitrogens with one attached hydrogen (secondary N) is 1. The van der Waals surface area contributed by atoms with Crippen molar-refractivity contribution < 1.29 is 9.53 Å². The standard InChI is InChI=1S/C12H15Br2NO2/c1-17-8-11(14)6-7-15-12(16)9-2-4-10(13)5-3-9/h2-5,11H,6-8H2,1H3,(H,15,16). The SMILES string of the molecule is COCC(Br)CCNC(=O)c1ccc(Br)cc1. The van der Waals surface area contributed by atoms with E-state index in [1.165, 1.54) is 0 Å². The Bertz CT molecular complexity index is 354. The molecule has 0 radical (unpaired) electrons. The molecule has 1 N–H and O–H groups in total. The van der Waals surface area contributed by atoms with Crippen LogP contribution in [0, 0.1) is 0 Å². The molecule has 0 heterocycles. The first kappa shape index (κ1) is 14.7. The first-order chi connectivity index (χ1) is 8.13. The molecule has 1 aromatic rings. The summed E-state index contributed by atoms with van der Waals surface area (Å²) in [6.45, 7) is 1.28. The average molecular weight is 365 g/mol. The highest BCUT2D eigenvalue weighted by Gasteiger charge is 2.07. The maximum atomic E-state index is 11.7. The van der Waals surface area contributed by atoms with Crippen LogP contribution in [0.5, 0.6) is 0 Å². The van der Waals surface area contributed by atoms with E-state index in [0.29, 0.717) is 18.7 Å². The maximum absolute atomic E-state index is 11.7. The van der Waals surface area contributed by atoms with Crippen LogP contribution in [-0.2, 0) is 4.74 Å². The number of alkyl halides is 1. The van der Waals surface area contributed by atoms with Crippen LogP contribution in [0.3, 0.4) is 0 Å². The molecule has 5 heteroatoms. The van der Waals surface area contributed by atoms with Gasteiger partial charge in [0.25, 0.3) is 5.91 Å². The molecule has 0 fully saturated rings. The molecule has 0 spiro atoms. The van der Waals surface area contributed by atoms with Crippen molar-refractivity contribution >= 4 is 37.8 Å². The monoisotopic (exact) mass is 363 g/mol. The zero-order valence-electron chi connectivity index (χ0n) is 9.58. The Balaban J connectivity index is 2.32. The van der Waals surface area contributed by atoms with Crippen molar-refractivity contribution in [3.8, 4) is 0 Å². The molecule has 0 saturated heterocycles. The lowest BCUT2D eigenvalue weighted by molar-refractivity contribution is 0.0952. The smallest absolute Gasteiger partial charge is 0.251 e. The Labute approximate surface area is 118 Å². The van der Waals surface area contributed by atoms with Gasteiger partial charge in [0.2, 0.25) is 0 Å². The summed E-state index contributed by atoms with van der Waals surface area (Å²) < 4.78 is 5.96. The van der Waals surface area contributed by atoms with Crippen LogP contribution in [0.1, 0.15) is 16.8 Å². The third-order valence-corrected chi connectivity index (χ3v) is 3.45. The Kier molecular flexibility index (Phi) is 6.77. The van der Waals surface area contributed by atoms with Crippen molar-refractivity contribution in [2.24, 2.45) is 0 Å². The minimum absolute atomic E-state index is 0.0467. The van der Waals surface area contributed by atoms with Crippen LogP contribution in [-0.4, -0.2) is 31.0 Å². The first-order valence-corrected chi connectivity index (χ1v) is 7.01.